The molecule has 0 unspecified atom stereocenters. The number of hydrogen-bond acceptors (Lipinski definition) is 4. The number of carbonyl (C=O) groups excluding carboxylic acids is 1. The van der Waals surface area contributed by atoms with Crippen molar-refractivity contribution < 1.29 is 19.2 Å². The first-order chi connectivity index (χ1) is 17.9. The van der Waals surface area contributed by atoms with Gasteiger partial charge in [0.2, 0.25) is 0 Å². The summed E-state index contributed by atoms with van der Waals surface area (Å²) in [7, 11) is 7.31. The summed E-state index contributed by atoms with van der Waals surface area (Å²) in [5.41, 5.74) is 3.67. The summed E-state index contributed by atoms with van der Waals surface area (Å²) in [5.74, 6) is 1.65. The number of ether oxygens (including phenoxy) is 2. The normalized spacial score (nSPS) is 11.4. The van der Waals surface area contributed by atoms with Gasteiger partial charge in [-0.05, 0) is 97.1 Å². The van der Waals surface area contributed by atoms with Crippen molar-refractivity contribution in [2.24, 2.45) is 4.99 Å². The molecular weight excluding hydrogens is 486 g/mol. The Hall–Kier alpha value is -4.13. The molecule has 6 nitrogen and oxygen atoms in total. The van der Waals surface area contributed by atoms with Gasteiger partial charge in [0.05, 0.1) is 39.7 Å². The number of nitrogens with zero attached hydrogens (tertiary/aromatic N) is 2. The van der Waals surface area contributed by atoms with Gasteiger partial charge in [0.25, 0.3) is 5.91 Å². The molecule has 4 aromatic rings. The summed E-state index contributed by atoms with van der Waals surface area (Å²) in [5, 5.41) is 0.594. The molecule has 0 heterocycles. The summed E-state index contributed by atoms with van der Waals surface area (Å²) < 4.78 is 10.6. The average molecular weight is 515 g/mol. The number of amidine groups is 1. The van der Waals surface area contributed by atoms with Crippen molar-refractivity contribution in [3.63, 3.8) is 0 Å². The van der Waals surface area contributed by atoms with E-state index in [4.69, 9.17) is 26.1 Å². The number of carbonyl (C=O) groups is 1. The number of rotatable bonds is 7. The minimum absolute atomic E-state index is 0.215. The summed E-state index contributed by atoms with van der Waals surface area (Å²) in [4.78, 5) is 21.8. The van der Waals surface area contributed by atoms with Crippen molar-refractivity contribution in [3.8, 4) is 11.5 Å². The number of anilines is 1. The molecule has 4 aromatic carbocycles. The molecule has 1 amide bonds. The number of halogens is 1. The maximum Gasteiger partial charge on any atom is 0.264 e. The zero-order chi connectivity index (χ0) is 26.4. The third-order valence-corrected chi connectivity index (χ3v) is 6.12. The smallest absolute Gasteiger partial charge is 0.264 e. The van der Waals surface area contributed by atoms with E-state index < -0.39 is 0 Å². The Labute approximate surface area is 222 Å². The summed E-state index contributed by atoms with van der Waals surface area (Å²) in [6.07, 6.45) is 0. The molecule has 0 bridgehead atoms. The van der Waals surface area contributed by atoms with Crippen LogP contribution in [-0.2, 0) is 0 Å². The van der Waals surface area contributed by atoms with E-state index in [9.17, 15) is 4.79 Å². The van der Waals surface area contributed by atoms with Crippen molar-refractivity contribution in [1.29, 1.82) is 0 Å². The van der Waals surface area contributed by atoms with Crippen molar-refractivity contribution >= 4 is 40.4 Å². The van der Waals surface area contributed by atoms with E-state index in [0.717, 1.165) is 17.0 Å². The van der Waals surface area contributed by atoms with Crippen LogP contribution in [0.4, 0.5) is 17.1 Å². The molecular formula is C30H29ClN3O3+. The lowest BCUT2D eigenvalue weighted by molar-refractivity contribution is -0.786. The van der Waals surface area contributed by atoms with Gasteiger partial charge >= 0.3 is 0 Å². The fourth-order valence-electron chi connectivity index (χ4n) is 3.76. The zero-order valence-corrected chi connectivity index (χ0v) is 22.0. The van der Waals surface area contributed by atoms with Crippen LogP contribution in [0.3, 0.4) is 0 Å². The topological polar surface area (TPSA) is 55.6 Å². The van der Waals surface area contributed by atoms with E-state index in [1.165, 1.54) is 4.90 Å². The van der Waals surface area contributed by atoms with Crippen LogP contribution < -0.4 is 19.3 Å². The molecule has 0 spiro atoms. The van der Waals surface area contributed by atoms with E-state index >= 15 is 0 Å². The Balaban J connectivity index is 1.89. The lowest BCUT2D eigenvalue weighted by atomic mass is 10.1. The Bertz CT molecular complexity index is 1370. The number of methoxy groups -OCH3 is 2. The molecule has 0 aliphatic heterocycles. The Morgan fingerprint density at radius 3 is 1.76 bits per heavy atom. The van der Waals surface area contributed by atoms with Gasteiger partial charge in [0.15, 0.2) is 0 Å². The molecule has 0 radical (unpaired) electrons. The van der Waals surface area contributed by atoms with Gasteiger partial charge in [0.1, 0.15) is 23.0 Å². The largest absolute Gasteiger partial charge is 0.497 e. The van der Waals surface area contributed by atoms with Crippen molar-refractivity contribution in [1.82, 2.24) is 0 Å². The van der Waals surface area contributed by atoms with Crippen LogP contribution in [0.15, 0.2) is 102 Å². The van der Waals surface area contributed by atoms with Crippen LogP contribution >= 0.6 is 11.6 Å². The van der Waals surface area contributed by atoms with E-state index in [2.05, 4.69) is 0 Å². The SMILES string of the molecule is COc1ccc(N=C(c2ccc(Cl)cc2)N(C(=O)c2ccc([NH+](C)C)cc2)c2ccc(OC)cc2)cc1. The minimum Gasteiger partial charge on any atom is -0.497 e. The predicted octanol–water partition coefficient (Wildman–Crippen LogP) is 5.56. The van der Waals surface area contributed by atoms with Crippen LogP contribution in [-0.4, -0.2) is 40.1 Å². The molecule has 0 fully saturated rings. The molecule has 7 heteroatoms. The number of hydrogen-bond donors (Lipinski definition) is 1. The second-order valence-electron chi connectivity index (χ2n) is 8.56. The van der Waals surface area contributed by atoms with Crippen molar-refractivity contribution in [2.75, 3.05) is 33.2 Å². The molecule has 0 atom stereocenters. The second kappa shape index (κ2) is 11.7. The molecule has 188 valence electrons. The van der Waals surface area contributed by atoms with E-state index in [1.54, 1.807) is 31.3 Å². The zero-order valence-electron chi connectivity index (χ0n) is 21.2. The number of quaternary nitrogens is 1. The second-order valence-corrected chi connectivity index (χ2v) is 8.99. The fourth-order valence-corrected chi connectivity index (χ4v) is 3.89. The van der Waals surface area contributed by atoms with Crippen molar-refractivity contribution in [3.05, 3.63) is 113 Å². The highest BCUT2D eigenvalue weighted by atomic mass is 35.5. The Morgan fingerprint density at radius 2 is 1.24 bits per heavy atom. The highest BCUT2D eigenvalue weighted by Crippen LogP contribution is 2.27. The van der Waals surface area contributed by atoms with Crippen LogP contribution in [0.5, 0.6) is 11.5 Å². The van der Waals surface area contributed by atoms with Crippen molar-refractivity contribution in [2.45, 2.75) is 0 Å². The molecule has 4 rings (SSSR count). The standard InChI is InChI=1S/C30H28ClN3O3/c1-33(2)25-13-7-22(8-14-25)30(35)34(26-15-19-28(37-4)20-16-26)29(21-5-9-23(31)10-6-21)32-24-11-17-27(36-3)18-12-24/h5-20H,1-4H3/p+1. The molecule has 37 heavy (non-hydrogen) atoms. The van der Waals surface area contributed by atoms with Gasteiger partial charge in [-0.15, -0.1) is 0 Å². The minimum atomic E-state index is -0.215. The van der Waals surface area contributed by atoms with Gasteiger partial charge in [-0.25, -0.2) is 4.99 Å². The van der Waals surface area contributed by atoms with Crippen LogP contribution in [0.2, 0.25) is 5.02 Å². The van der Waals surface area contributed by atoms with Crippen LogP contribution in [0, 0.1) is 0 Å². The van der Waals surface area contributed by atoms with Gasteiger partial charge in [-0.2, -0.15) is 0 Å². The molecule has 0 saturated heterocycles. The van der Waals surface area contributed by atoms with Crippen LogP contribution in [0.25, 0.3) is 0 Å². The monoisotopic (exact) mass is 514 g/mol. The molecule has 0 aliphatic carbocycles. The first-order valence-electron chi connectivity index (χ1n) is 11.8. The predicted molar refractivity (Wildman–Crippen MR) is 149 cm³/mol. The maximum atomic E-state index is 14.1. The summed E-state index contributed by atoms with van der Waals surface area (Å²) in [6, 6.07) is 29.6. The van der Waals surface area contributed by atoms with Gasteiger partial charge in [-0.3, -0.25) is 9.69 Å². The Morgan fingerprint density at radius 1 is 0.730 bits per heavy atom. The van der Waals surface area contributed by atoms with Gasteiger partial charge in [0, 0.05) is 16.1 Å². The van der Waals surface area contributed by atoms with Gasteiger partial charge in [-0.1, -0.05) is 11.6 Å². The van der Waals surface area contributed by atoms with E-state index in [1.807, 2.05) is 99.0 Å². The maximum absolute atomic E-state index is 14.1. The third kappa shape index (κ3) is 6.17. The first kappa shape index (κ1) is 25.9. The first-order valence-corrected chi connectivity index (χ1v) is 12.1. The molecule has 0 aromatic heterocycles. The van der Waals surface area contributed by atoms with E-state index in [-0.39, 0.29) is 5.91 Å². The number of nitrogens with one attached hydrogen (secondary N) is 1. The molecule has 0 saturated carbocycles. The van der Waals surface area contributed by atoms with E-state index in [0.29, 0.717) is 33.5 Å². The lowest BCUT2D eigenvalue weighted by Gasteiger charge is -2.25. The number of benzene rings is 4. The lowest BCUT2D eigenvalue weighted by Crippen LogP contribution is -3.00. The van der Waals surface area contributed by atoms with Crippen LogP contribution in [0.1, 0.15) is 15.9 Å². The average Bonchev–Trinajstić information content (AvgIpc) is 2.94. The molecule has 0 aliphatic rings. The van der Waals surface area contributed by atoms with Gasteiger partial charge < -0.3 is 14.4 Å². The number of aliphatic imine (C=N–C) groups is 1. The highest BCUT2D eigenvalue weighted by Gasteiger charge is 2.25. The summed E-state index contributed by atoms with van der Waals surface area (Å²) in [6.45, 7) is 0. The highest BCUT2D eigenvalue weighted by molar-refractivity contribution is 6.31. The molecule has 1 N–H and O–H groups in total. The summed E-state index contributed by atoms with van der Waals surface area (Å²) >= 11 is 6.19. The third-order valence-electron chi connectivity index (χ3n) is 5.86. The Kier molecular flexibility index (Phi) is 8.23. The quantitative estimate of drug-likeness (QED) is 0.259. The fraction of sp³-hybridized carbons (Fsp3) is 0.133. The number of amides is 1.